The summed E-state index contributed by atoms with van der Waals surface area (Å²) < 4.78 is 31.8. The van der Waals surface area contributed by atoms with Crippen LogP contribution in [0.2, 0.25) is 5.02 Å². The van der Waals surface area contributed by atoms with Gasteiger partial charge in [-0.15, -0.1) is 0 Å². The number of hydrogen-bond donors (Lipinski definition) is 1. The largest absolute Gasteiger partial charge is 0.495 e. The Morgan fingerprint density at radius 3 is 2.43 bits per heavy atom. The predicted octanol–water partition coefficient (Wildman–Crippen LogP) is 3.76. The zero-order chi connectivity index (χ0) is 26.2. The van der Waals surface area contributed by atoms with E-state index in [4.69, 9.17) is 16.3 Å². The minimum atomic E-state index is -3.90. The highest BCUT2D eigenvalue weighted by atomic mass is 35.5. The van der Waals surface area contributed by atoms with Crippen LogP contribution in [-0.4, -0.2) is 57.6 Å². The maximum Gasteiger partial charge on any atom is 0.244 e. The third kappa shape index (κ3) is 7.86. The van der Waals surface area contributed by atoms with Crippen molar-refractivity contribution in [2.24, 2.45) is 0 Å². The van der Waals surface area contributed by atoms with Gasteiger partial charge in [0.05, 0.1) is 19.1 Å². The molecule has 0 aromatic heterocycles. The summed E-state index contributed by atoms with van der Waals surface area (Å²) in [6.07, 6.45) is 2.13. The molecular formula is C25H34ClN3O5S. The number of hydrogen-bond acceptors (Lipinski definition) is 5. The van der Waals surface area contributed by atoms with Crippen LogP contribution in [-0.2, 0) is 26.2 Å². The summed E-state index contributed by atoms with van der Waals surface area (Å²) in [4.78, 5) is 28.1. The molecule has 8 nitrogen and oxygen atoms in total. The number of amides is 2. The SMILES string of the molecule is CCCNC(=O)C(CC)N(Cc1cccc(C)c1)C(=O)CN(c1cc(Cl)ccc1OC)S(C)(=O)=O. The van der Waals surface area contributed by atoms with Gasteiger partial charge in [-0.2, -0.15) is 0 Å². The first-order chi connectivity index (χ1) is 16.5. The molecular weight excluding hydrogens is 490 g/mol. The molecule has 0 heterocycles. The van der Waals surface area contributed by atoms with Gasteiger partial charge in [0, 0.05) is 18.1 Å². The van der Waals surface area contributed by atoms with Gasteiger partial charge >= 0.3 is 0 Å². The third-order valence-electron chi connectivity index (χ3n) is 5.46. The number of carbonyl (C=O) groups excluding carboxylic acids is 2. The summed E-state index contributed by atoms with van der Waals surface area (Å²) in [5.41, 5.74) is 2.00. The van der Waals surface area contributed by atoms with Gasteiger partial charge in [-0.3, -0.25) is 13.9 Å². The Labute approximate surface area is 213 Å². The van der Waals surface area contributed by atoms with Crippen LogP contribution in [0.5, 0.6) is 5.75 Å². The third-order valence-corrected chi connectivity index (χ3v) is 6.82. The fraction of sp³-hybridized carbons (Fsp3) is 0.440. The molecule has 0 fully saturated rings. The van der Waals surface area contributed by atoms with Crippen LogP contribution in [0, 0.1) is 6.92 Å². The normalized spacial score (nSPS) is 12.1. The highest BCUT2D eigenvalue weighted by Crippen LogP contribution is 2.33. The van der Waals surface area contributed by atoms with E-state index in [1.807, 2.05) is 45.0 Å². The topological polar surface area (TPSA) is 96.0 Å². The van der Waals surface area contributed by atoms with Crippen molar-refractivity contribution < 1.29 is 22.7 Å². The van der Waals surface area contributed by atoms with Crippen molar-refractivity contribution in [2.75, 3.05) is 30.8 Å². The Balaban J connectivity index is 2.50. The van der Waals surface area contributed by atoms with E-state index in [1.165, 1.54) is 24.1 Å². The van der Waals surface area contributed by atoms with Crippen molar-refractivity contribution in [3.8, 4) is 5.75 Å². The molecule has 10 heteroatoms. The van der Waals surface area contributed by atoms with Crippen LogP contribution in [0.15, 0.2) is 42.5 Å². The molecule has 0 aliphatic carbocycles. The van der Waals surface area contributed by atoms with E-state index < -0.39 is 28.5 Å². The monoisotopic (exact) mass is 523 g/mol. The standard InChI is InChI=1S/C25H34ClN3O5S/c1-6-13-27-25(31)21(7-2)28(16-19-10-8-9-18(3)14-19)24(30)17-29(35(5,32)33)22-15-20(26)11-12-23(22)34-4/h8-12,14-15,21H,6-7,13,16-17H2,1-5H3,(H,27,31). The van der Waals surface area contributed by atoms with Crippen LogP contribution in [0.3, 0.4) is 0 Å². The lowest BCUT2D eigenvalue weighted by Gasteiger charge is -2.33. The second-order valence-corrected chi connectivity index (χ2v) is 10.7. The molecule has 0 aliphatic rings. The van der Waals surface area contributed by atoms with E-state index in [1.54, 1.807) is 6.07 Å². The molecule has 0 spiro atoms. The molecule has 1 N–H and O–H groups in total. The van der Waals surface area contributed by atoms with Crippen molar-refractivity contribution in [3.05, 3.63) is 58.6 Å². The zero-order valence-electron chi connectivity index (χ0n) is 20.9. The minimum absolute atomic E-state index is 0.148. The maximum atomic E-state index is 13.7. The fourth-order valence-electron chi connectivity index (χ4n) is 3.75. The number of benzene rings is 2. The first-order valence-electron chi connectivity index (χ1n) is 11.5. The molecule has 0 saturated carbocycles. The van der Waals surface area contributed by atoms with Crippen LogP contribution >= 0.6 is 11.6 Å². The number of methoxy groups -OCH3 is 1. The second kappa shape index (κ2) is 12.8. The average Bonchev–Trinajstić information content (AvgIpc) is 2.80. The highest BCUT2D eigenvalue weighted by Gasteiger charge is 2.32. The van der Waals surface area contributed by atoms with E-state index in [-0.39, 0.29) is 23.9 Å². The Kier molecular flexibility index (Phi) is 10.4. The molecule has 2 aromatic rings. The number of anilines is 1. The van der Waals surface area contributed by atoms with E-state index >= 15 is 0 Å². The highest BCUT2D eigenvalue weighted by molar-refractivity contribution is 7.92. The van der Waals surface area contributed by atoms with Crippen molar-refractivity contribution in [1.29, 1.82) is 0 Å². The number of rotatable bonds is 12. The summed E-state index contributed by atoms with van der Waals surface area (Å²) in [6, 6.07) is 11.4. The molecule has 0 radical (unpaired) electrons. The average molecular weight is 524 g/mol. The zero-order valence-corrected chi connectivity index (χ0v) is 22.4. The molecule has 0 bridgehead atoms. The Hall–Kier alpha value is -2.78. The van der Waals surface area contributed by atoms with Crippen LogP contribution in [0.4, 0.5) is 5.69 Å². The van der Waals surface area contributed by atoms with Gasteiger partial charge in [0.2, 0.25) is 21.8 Å². The smallest absolute Gasteiger partial charge is 0.244 e. The summed E-state index contributed by atoms with van der Waals surface area (Å²) >= 11 is 6.13. The van der Waals surface area contributed by atoms with Gasteiger partial charge in [0.1, 0.15) is 18.3 Å². The van der Waals surface area contributed by atoms with E-state index in [9.17, 15) is 18.0 Å². The van der Waals surface area contributed by atoms with Crippen molar-refractivity contribution >= 4 is 39.1 Å². The first kappa shape index (κ1) is 28.5. The molecule has 0 saturated heterocycles. The van der Waals surface area contributed by atoms with E-state index in [0.29, 0.717) is 18.0 Å². The Bertz CT molecular complexity index is 1140. The molecule has 35 heavy (non-hydrogen) atoms. The number of nitrogens with one attached hydrogen (secondary N) is 1. The number of sulfonamides is 1. The van der Waals surface area contributed by atoms with Crippen LogP contribution < -0.4 is 14.4 Å². The molecule has 192 valence electrons. The predicted molar refractivity (Wildman–Crippen MR) is 139 cm³/mol. The molecule has 1 atom stereocenters. The van der Waals surface area contributed by atoms with Crippen LogP contribution in [0.1, 0.15) is 37.8 Å². The van der Waals surface area contributed by atoms with Gasteiger partial charge in [-0.25, -0.2) is 8.42 Å². The van der Waals surface area contributed by atoms with Crippen molar-refractivity contribution in [3.63, 3.8) is 0 Å². The van der Waals surface area contributed by atoms with Gasteiger partial charge in [-0.05, 0) is 43.5 Å². The van der Waals surface area contributed by atoms with E-state index in [2.05, 4.69) is 5.32 Å². The lowest BCUT2D eigenvalue weighted by molar-refractivity contribution is -0.140. The molecule has 1 unspecified atom stereocenters. The van der Waals surface area contributed by atoms with Gasteiger partial charge < -0.3 is 15.0 Å². The molecule has 2 aromatic carbocycles. The number of aryl methyl sites for hydroxylation is 1. The fourth-order valence-corrected chi connectivity index (χ4v) is 4.76. The minimum Gasteiger partial charge on any atom is -0.495 e. The second-order valence-electron chi connectivity index (χ2n) is 8.31. The molecule has 0 aliphatic heterocycles. The van der Waals surface area contributed by atoms with Crippen molar-refractivity contribution in [2.45, 2.75) is 46.2 Å². The lowest BCUT2D eigenvalue weighted by atomic mass is 10.1. The molecule has 2 rings (SSSR count). The lowest BCUT2D eigenvalue weighted by Crippen LogP contribution is -2.52. The van der Waals surface area contributed by atoms with E-state index in [0.717, 1.165) is 28.1 Å². The quantitative estimate of drug-likeness (QED) is 0.457. The summed E-state index contributed by atoms with van der Waals surface area (Å²) in [5, 5.41) is 3.15. The molecule has 2 amide bonds. The number of halogens is 1. The van der Waals surface area contributed by atoms with Gasteiger partial charge in [0.25, 0.3) is 0 Å². The number of ether oxygens (including phenoxy) is 1. The van der Waals surface area contributed by atoms with Gasteiger partial charge in [-0.1, -0.05) is 55.3 Å². The summed E-state index contributed by atoms with van der Waals surface area (Å²) in [7, 11) is -2.49. The van der Waals surface area contributed by atoms with Gasteiger partial charge in [0.15, 0.2) is 0 Å². The summed E-state index contributed by atoms with van der Waals surface area (Å²) in [5.74, 6) is -0.537. The van der Waals surface area contributed by atoms with Crippen molar-refractivity contribution in [1.82, 2.24) is 10.2 Å². The van der Waals surface area contributed by atoms with Crippen LogP contribution in [0.25, 0.3) is 0 Å². The summed E-state index contributed by atoms with van der Waals surface area (Å²) in [6.45, 7) is 5.83. The first-order valence-corrected chi connectivity index (χ1v) is 13.7. The Morgan fingerprint density at radius 2 is 1.86 bits per heavy atom. The Morgan fingerprint density at radius 1 is 1.14 bits per heavy atom. The number of nitrogens with zero attached hydrogens (tertiary/aromatic N) is 2. The maximum absolute atomic E-state index is 13.7. The number of carbonyl (C=O) groups is 2.